The minimum Gasteiger partial charge on any atom is -0.314 e. The van der Waals surface area contributed by atoms with Crippen molar-refractivity contribution in [2.45, 2.75) is 44.0 Å². The molecular formula is C14H22ClNOS. The quantitative estimate of drug-likeness (QED) is 0.791. The van der Waals surface area contributed by atoms with Crippen LogP contribution in [0.4, 0.5) is 0 Å². The molecular weight excluding hydrogens is 266 g/mol. The molecule has 1 N–H and O–H groups in total. The van der Waals surface area contributed by atoms with E-state index in [1.165, 1.54) is 0 Å². The highest BCUT2D eigenvalue weighted by Gasteiger charge is 2.07. The summed E-state index contributed by atoms with van der Waals surface area (Å²) in [6.45, 7) is 5.30. The molecule has 0 radical (unpaired) electrons. The van der Waals surface area contributed by atoms with Crippen LogP contribution < -0.4 is 5.32 Å². The molecule has 0 aliphatic carbocycles. The highest BCUT2D eigenvalue weighted by atomic mass is 35.5. The van der Waals surface area contributed by atoms with Crippen molar-refractivity contribution in [1.29, 1.82) is 0 Å². The fourth-order valence-electron chi connectivity index (χ4n) is 1.90. The zero-order chi connectivity index (χ0) is 13.4. The topological polar surface area (TPSA) is 29.1 Å². The SMILES string of the molecule is CCNC(CC)CCCS(=O)c1ccc(Cl)cc1. The van der Waals surface area contributed by atoms with Crippen molar-refractivity contribution in [3.05, 3.63) is 29.3 Å². The van der Waals surface area contributed by atoms with Gasteiger partial charge in [0.05, 0.1) is 10.8 Å². The maximum Gasteiger partial charge on any atom is 0.0529 e. The van der Waals surface area contributed by atoms with E-state index in [0.29, 0.717) is 11.1 Å². The fourth-order valence-corrected chi connectivity index (χ4v) is 3.13. The van der Waals surface area contributed by atoms with Crippen molar-refractivity contribution in [1.82, 2.24) is 5.32 Å². The van der Waals surface area contributed by atoms with Crippen LogP contribution >= 0.6 is 11.6 Å². The third-order valence-electron chi connectivity index (χ3n) is 2.94. The Morgan fingerprint density at radius 2 is 1.94 bits per heavy atom. The van der Waals surface area contributed by atoms with Gasteiger partial charge < -0.3 is 5.32 Å². The second kappa shape index (κ2) is 8.68. The maximum absolute atomic E-state index is 12.0. The molecule has 2 atom stereocenters. The van der Waals surface area contributed by atoms with Gasteiger partial charge in [-0.25, -0.2) is 0 Å². The van der Waals surface area contributed by atoms with Crippen molar-refractivity contribution >= 4 is 22.4 Å². The van der Waals surface area contributed by atoms with Crippen molar-refractivity contribution in [3.8, 4) is 0 Å². The maximum atomic E-state index is 12.0. The van der Waals surface area contributed by atoms with Crippen LogP contribution in [-0.2, 0) is 10.8 Å². The van der Waals surface area contributed by atoms with Gasteiger partial charge in [-0.05, 0) is 50.1 Å². The molecule has 1 aromatic carbocycles. The van der Waals surface area contributed by atoms with Gasteiger partial charge >= 0.3 is 0 Å². The van der Waals surface area contributed by atoms with Gasteiger partial charge in [0, 0.05) is 21.7 Å². The van der Waals surface area contributed by atoms with Crippen LogP contribution in [0.3, 0.4) is 0 Å². The molecule has 0 aliphatic rings. The van der Waals surface area contributed by atoms with Gasteiger partial charge in [0.25, 0.3) is 0 Å². The number of nitrogens with one attached hydrogen (secondary N) is 1. The molecule has 2 unspecified atom stereocenters. The molecule has 0 aliphatic heterocycles. The Morgan fingerprint density at radius 3 is 2.50 bits per heavy atom. The molecule has 2 nitrogen and oxygen atoms in total. The Kier molecular flexibility index (Phi) is 7.56. The summed E-state index contributed by atoms with van der Waals surface area (Å²) >= 11 is 5.81. The lowest BCUT2D eigenvalue weighted by Gasteiger charge is -2.15. The molecule has 0 saturated carbocycles. The van der Waals surface area contributed by atoms with E-state index in [1.54, 1.807) is 12.1 Å². The van der Waals surface area contributed by atoms with E-state index in [1.807, 2.05) is 12.1 Å². The lowest BCUT2D eigenvalue weighted by molar-refractivity contribution is 0.476. The average molecular weight is 288 g/mol. The van der Waals surface area contributed by atoms with E-state index in [0.717, 1.165) is 36.5 Å². The molecule has 4 heteroatoms. The fraction of sp³-hybridized carbons (Fsp3) is 0.571. The number of hydrogen-bond acceptors (Lipinski definition) is 2. The Labute approximate surface area is 118 Å². The molecule has 102 valence electrons. The third-order valence-corrected chi connectivity index (χ3v) is 4.65. The summed E-state index contributed by atoms with van der Waals surface area (Å²) in [7, 11) is -0.900. The van der Waals surface area contributed by atoms with Crippen molar-refractivity contribution in [2.24, 2.45) is 0 Å². The third kappa shape index (κ3) is 5.51. The van der Waals surface area contributed by atoms with Gasteiger partial charge in [-0.15, -0.1) is 0 Å². The largest absolute Gasteiger partial charge is 0.314 e. The van der Waals surface area contributed by atoms with Gasteiger partial charge in [0.2, 0.25) is 0 Å². The van der Waals surface area contributed by atoms with E-state index in [9.17, 15) is 4.21 Å². The average Bonchev–Trinajstić information content (AvgIpc) is 2.38. The van der Waals surface area contributed by atoms with Crippen LogP contribution in [0, 0.1) is 0 Å². The summed E-state index contributed by atoms with van der Waals surface area (Å²) in [6.07, 6.45) is 3.20. The van der Waals surface area contributed by atoms with Crippen LogP contribution in [0.25, 0.3) is 0 Å². The zero-order valence-corrected chi connectivity index (χ0v) is 12.7. The van der Waals surface area contributed by atoms with E-state index in [2.05, 4.69) is 19.2 Å². The molecule has 1 rings (SSSR count). The molecule has 0 saturated heterocycles. The van der Waals surface area contributed by atoms with Crippen LogP contribution in [0.1, 0.15) is 33.1 Å². The van der Waals surface area contributed by atoms with Gasteiger partial charge in [0.1, 0.15) is 0 Å². The van der Waals surface area contributed by atoms with Crippen molar-refractivity contribution in [2.75, 3.05) is 12.3 Å². The number of rotatable bonds is 8. The van der Waals surface area contributed by atoms with E-state index in [4.69, 9.17) is 11.6 Å². The summed E-state index contributed by atoms with van der Waals surface area (Å²) in [5.41, 5.74) is 0. The number of benzene rings is 1. The second-order valence-corrected chi connectivity index (χ2v) is 6.32. The zero-order valence-electron chi connectivity index (χ0n) is 11.1. The van der Waals surface area contributed by atoms with Gasteiger partial charge in [-0.2, -0.15) is 0 Å². The summed E-state index contributed by atoms with van der Waals surface area (Å²) in [4.78, 5) is 0.871. The second-order valence-electron chi connectivity index (χ2n) is 4.31. The molecule has 0 spiro atoms. The van der Waals surface area contributed by atoms with E-state index in [-0.39, 0.29) is 0 Å². The summed E-state index contributed by atoms with van der Waals surface area (Å²) < 4.78 is 12.0. The highest BCUT2D eigenvalue weighted by molar-refractivity contribution is 7.85. The van der Waals surface area contributed by atoms with Crippen molar-refractivity contribution < 1.29 is 4.21 Å². The number of halogens is 1. The standard InChI is InChI=1S/C14H22ClNOS/c1-3-13(16-4-2)6-5-11-18(17)14-9-7-12(15)8-10-14/h7-10,13,16H,3-6,11H2,1-2H3. The Morgan fingerprint density at radius 1 is 1.28 bits per heavy atom. The highest BCUT2D eigenvalue weighted by Crippen LogP contribution is 2.14. The van der Waals surface area contributed by atoms with Crippen LogP contribution in [0.2, 0.25) is 5.02 Å². The molecule has 0 aromatic heterocycles. The lowest BCUT2D eigenvalue weighted by Crippen LogP contribution is -2.28. The smallest absolute Gasteiger partial charge is 0.0529 e. The predicted molar refractivity (Wildman–Crippen MR) is 79.7 cm³/mol. The molecule has 0 bridgehead atoms. The molecule has 18 heavy (non-hydrogen) atoms. The summed E-state index contributed by atoms with van der Waals surface area (Å²) in [5.74, 6) is 0.726. The van der Waals surface area contributed by atoms with Gasteiger partial charge in [-0.3, -0.25) is 4.21 Å². The summed E-state index contributed by atoms with van der Waals surface area (Å²) in [6, 6.07) is 7.84. The monoisotopic (exact) mass is 287 g/mol. The molecule has 0 heterocycles. The molecule has 0 fully saturated rings. The summed E-state index contributed by atoms with van der Waals surface area (Å²) in [5, 5.41) is 4.13. The van der Waals surface area contributed by atoms with Gasteiger partial charge in [0.15, 0.2) is 0 Å². The molecule has 1 aromatic rings. The first-order valence-electron chi connectivity index (χ1n) is 6.54. The van der Waals surface area contributed by atoms with E-state index < -0.39 is 10.8 Å². The minimum absolute atomic E-state index is 0.553. The van der Waals surface area contributed by atoms with Crippen LogP contribution in [-0.4, -0.2) is 22.5 Å². The Bertz CT molecular complexity index is 367. The van der Waals surface area contributed by atoms with Crippen LogP contribution in [0.5, 0.6) is 0 Å². The normalized spacial score (nSPS) is 14.4. The first-order valence-corrected chi connectivity index (χ1v) is 8.24. The Hall–Kier alpha value is -0.380. The predicted octanol–water partition coefficient (Wildman–Crippen LogP) is 3.62. The first-order chi connectivity index (χ1) is 8.67. The lowest BCUT2D eigenvalue weighted by atomic mass is 10.1. The van der Waals surface area contributed by atoms with Gasteiger partial charge in [-0.1, -0.05) is 25.4 Å². The first kappa shape index (κ1) is 15.7. The van der Waals surface area contributed by atoms with Crippen molar-refractivity contribution in [3.63, 3.8) is 0 Å². The van der Waals surface area contributed by atoms with E-state index >= 15 is 0 Å². The minimum atomic E-state index is -0.900. The molecule has 0 amide bonds. The number of hydrogen-bond donors (Lipinski definition) is 1. The Balaban J connectivity index is 2.35. The van der Waals surface area contributed by atoms with Crippen LogP contribution in [0.15, 0.2) is 29.2 Å².